The van der Waals surface area contributed by atoms with Gasteiger partial charge in [-0.2, -0.15) is 0 Å². The van der Waals surface area contributed by atoms with E-state index in [0.717, 1.165) is 19.3 Å². The van der Waals surface area contributed by atoms with Crippen molar-refractivity contribution in [3.63, 3.8) is 0 Å². The van der Waals surface area contributed by atoms with Crippen LogP contribution in [-0.4, -0.2) is 28.8 Å². The lowest BCUT2D eigenvalue weighted by Crippen LogP contribution is -2.66. The zero-order valence-corrected chi connectivity index (χ0v) is 12.8. The van der Waals surface area contributed by atoms with Crippen LogP contribution in [0.3, 0.4) is 0 Å². The SMILES string of the molecule is C=C(F)C1=C(C(=O)O)[C@@H]2CCCC3CC[C@]4(C)OO[C@]32[C@H](O1)O4. The molecule has 3 saturated heterocycles. The summed E-state index contributed by atoms with van der Waals surface area (Å²) in [6.07, 6.45) is 2.76. The fourth-order valence-corrected chi connectivity index (χ4v) is 4.50. The molecule has 7 heteroatoms. The zero-order chi connectivity index (χ0) is 16.4. The summed E-state index contributed by atoms with van der Waals surface area (Å²) in [7, 11) is 0. The van der Waals surface area contributed by atoms with E-state index in [0.29, 0.717) is 12.8 Å². The first-order valence-corrected chi connectivity index (χ1v) is 7.91. The number of hydrogen-bond acceptors (Lipinski definition) is 5. The first-order chi connectivity index (χ1) is 10.9. The van der Waals surface area contributed by atoms with Gasteiger partial charge in [-0.3, -0.25) is 0 Å². The Morgan fingerprint density at radius 3 is 2.83 bits per heavy atom. The van der Waals surface area contributed by atoms with Gasteiger partial charge in [0, 0.05) is 12.3 Å². The fraction of sp³-hybridized carbons (Fsp3) is 0.688. The molecule has 5 atom stereocenters. The number of hydrogen-bond donors (Lipinski definition) is 1. The molecule has 6 nitrogen and oxygen atoms in total. The molecule has 0 aromatic rings. The van der Waals surface area contributed by atoms with Gasteiger partial charge in [0.15, 0.2) is 17.2 Å². The largest absolute Gasteiger partial charge is 0.478 e. The van der Waals surface area contributed by atoms with Crippen molar-refractivity contribution in [2.45, 2.75) is 56.7 Å². The van der Waals surface area contributed by atoms with E-state index in [1.165, 1.54) is 0 Å². The van der Waals surface area contributed by atoms with E-state index in [1.54, 1.807) is 6.92 Å². The van der Waals surface area contributed by atoms with Gasteiger partial charge in [-0.05, 0) is 32.1 Å². The lowest BCUT2D eigenvalue weighted by molar-refractivity contribution is -0.554. The summed E-state index contributed by atoms with van der Waals surface area (Å²) in [6, 6.07) is 0. The lowest BCUT2D eigenvalue weighted by Gasteiger charge is -2.55. The van der Waals surface area contributed by atoms with Crippen molar-refractivity contribution in [1.29, 1.82) is 0 Å². The molecule has 5 aliphatic rings. The Balaban J connectivity index is 1.90. The van der Waals surface area contributed by atoms with Gasteiger partial charge < -0.3 is 14.6 Å². The van der Waals surface area contributed by atoms with Gasteiger partial charge in [0.05, 0.1) is 5.57 Å². The Morgan fingerprint density at radius 2 is 2.13 bits per heavy atom. The van der Waals surface area contributed by atoms with Gasteiger partial charge in [-0.1, -0.05) is 13.0 Å². The third-order valence-corrected chi connectivity index (χ3v) is 5.56. The van der Waals surface area contributed by atoms with Gasteiger partial charge in [-0.25, -0.2) is 19.0 Å². The predicted molar refractivity (Wildman–Crippen MR) is 74.2 cm³/mol. The first-order valence-electron chi connectivity index (χ1n) is 7.91. The monoisotopic (exact) mass is 326 g/mol. The van der Waals surface area contributed by atoms with Crippen LogP contribution in [0.2, 0.25) is 0 Å². The van der Waals surface area contributed by atoms with Crippen LogP contribution in [0.5, 0.6) is 0 Å². The van der Waals surface area contributed by atoms with Crippen molar-refractivity contribution in [2.75, 3.05) is 0 Å². The Labute approximate surface area is 132 Å². The molecule has 1 saturated carbocycles. The van der Waals surface area contributed by atoms with Crippen molar-refractivity contribution in [2.24, 2.45) is 11.8 Å². The Hall–Kier alpha value is -1.44. The van der Waals surface area contributed by atoms with E-state index in [4.69, 9.17) is 19.2 Å². The summed E-state index contributed by atoms with van der Waals surface area (Å²) in [5.41, 5.74) is -1.17. The van der Waals surface area contributed by atoms with Crippen LogP contribution < -0.4 is 0 Å². The minimum Gasteiger partial charge on any atom is -0.478 e. The summed E-state index contributed by atoms with van der Waals surface area (Å²) in [5.74, 6) is -3.95. The number of carboxylic acids is 1. The highest BCUT2D eigenvalue weighted by Gasteiger charge is 2.68. The molecule has 126 valence electrons. The maximum absolute atomic E-state index is 13.8. The molecule has 4 heterocycles. The van der Waals surface area contributed by atoms with Gasteiger partial charge in [0.1, 0.15) is 0 Å². The molecule has 2 bridgehead atoms. The summed E-state index contributed by atoms with van der Waals surface area (Å²) in [6.45, 7) is 4.96. The minimum atomic E-state index is -1.22. The normalized spacial score (nSPS) is 45.0. The smallest absolute Gasteiger partial charge is 0.335 e. The molecular formula is C16H19FO6. The number of carbonyl (C=O) groups is 1. The molecule has 0 radical (unpaired) electrons. The van der Waals surface area contributed by atoms with E-state index in [9.17, 15) is 14.3 Å². The molecular weight excluding hydrogens is 307 g/mol. The van der Waals surface area contributed by atoms with E-state index in [-0.39, 0.29) is 17.3 Å². The topological polar surface area (TPSA) is 74.2 Å². The van der Waals surface area contributed by atoms with Crippen LogP contribution in [0.1, 0.15) is 39.0 Å². The number of rotatable bonds is 2. The van der Waals surface area contributed by atoms with Gasteiger partial charge >= 0.3 is 5.97 Å². The Bertz CT molecular complexity index is 616. The van der Waals surface area contributed by atoms with Crippen molar-refractivity contribution in [1.82, 2.24) is 0 Å². The third-order valence-electron chi connectivity index (χ3n) is 5.56. The molecule has 5 rings (SSSR count). The fourth-order valence-electron chi connectivity index (χ4n) is 4.50. The van der Waals surface area contributed by atoms with Crippen molar-refractivity contribution in [3.8, 4) is 0 Å². The lowest BCUT2D eigenvalue weighted by atomic mass is 9.63. The zero-order valence-electron chi connectivity index (χ0n) is 12.8. The highest BCUT2D eigenvalue weighted by molar-refractivity contribution is 5.89. The van der Waals surface area contributed by atoms with Crippen molar-refractivity contribution < 1.29 is 33.5 Å². The summed E-state index contributed by atoms with van der Waals surface area (Å²) in [4.78, 5) is 23.0. The molecule has 1 aliphatic carbocycles. The highest BCUT2D eigenvalue weighted by Crippen LogP contribution is 2.59. The average molecular weight is 326 g/mol. The number of carboxylic acid groups (broad SMARTS) is 1. The van der Waals surface area contributed by atoms with Crippen LogP contribution in [0.4, 0.5) is 4.39 Å². The number of ether oxygens (including phenoxy) is 2. The van der Waals surface area contributed by atoms with Crippen molar-refractivity contribution in [3.05, 3.63) is 23.7 Å². The number of allylic oxidation sites excluding steroid dienone is 1. The van der Waals surface area contributed by atoms with E-state index < -0.39 is 35.4 Å². The van der Waals surface area contributed by atoms with E-state index >= 15 is 0 Å². The Kier molecular flexibility index (Phi) is 3.14. The quantitative estimate of drug-likeness (QED) is 0.787. The second kappa shape index (κ2) is 4.78. The molecule has 1 spiro atoms. The van der Waals surface area contributed by atoms with Crippen LogP contribution in [-0.2, 0) is 24.0 Å². The predicted octanol–water partition coefficient (Wildman–Crippen LogP) is 2.81. The molecule has 4 fully saturated rings. The minimum absolute atomic E-state index is 0.0411. The molecule has 4 aliphatic heterocycles. The number of aliphatic carboxylic acids is 1. The van der Waals surface area contributed by atoms with Crippen LogP contribution in [0.15, 0.2) is 23.7 Å². The van der Waals surface area contributed by atoms with Gasteiger partial charge in [0.25, 0.3) is 0 Å². The molecule has 0 aromatic carbocycles. The van der Waals surface area contributed by atoms with E-state index in [1.807, 2.05) is 0 Å². The average Bonchev–Trinajstić information content (AvgIpc) is 2.72. The summed E-state index contributed by atoms with van der Waals surface area (Å²) >= 11 is 0. The second-order valence-electron chi connectivity index (χ2n) is 6.89. The van der Waals surface area contributed by atoms with Crippen LogP contribution >= 0.6 is 0 Å². The number of halogens is 1. The molecule has 0 amide bonds. The second-order valence-corrected chi connectivity index (χ2v) is 6.89. The standard InChI is InChI=1S/C16H19FO6/c1-8(17)12-11(13(18)19)10-5-3-4-9-6-7-15(2)21-14(20-12)16(9,10)23-22-15/h9-10,14H,1,3-7H2,2H3,(H,18,19)/t9?,10-,14+,15-,16+/m0/s1. The van der Waals surface area contributed by atoms with Crippen molar-refractivity contribution >= 4 is 5.97 Å². The van der Waals surface area contributed by atoms with Crippen LogP contribution in [0.25, 0.3) is 0 Å². The molecule has 1 unspecified atom stereocenters. The number of fused-ring (bicyclic) bond motifs is 2. The summed E-state index contributed by atoms with van der Waals surface area (Å²) < 4.78 is 25.4. The third kappa shape index (κ3) is 1.93. The molecule has 0 aromatic heterocycles. The van der Waals surface area contributed by atoms with Gasteiger partial charge in [0.2, 0.25) is 12.1 Å². The first kappa shape index (κ1) is 15.1. The highest BCUT2D eigenvalue weighted by atomic mass is 19.1. The maximum atomic E-state index is 13.8. The molecule has 23 heavy (non-hydrogen) atoms. The van der Waals surface area contributed by atoms with Gasteiger partial charge in [-0.15, -0.1) is 0 Å². The molecule has 1 N–H and O–H groups in total. The Morgan fingerprint density at radius 1 is 1.35 bits per heavy atom. The van der Waals surface area contributed by atoms with E-state index in [2.05, 4.69) is 6.58 Å². The summed E-state index contributed by atoms with van der Waals surface area (Å²) in [5, 5.41) is 9.62. The maximum Gasteiger partial charge on any atom is 0.335 e. The van der Waals surface area contributed by atoms with Crippen LogP contribution in [0, 0.1) is 11.8 Å².